The van der Waals surface area contributed by atoms with Crippen molar-refractivity contribution in [3.8, 4) is 5.75 Å². The van der Waals surface area contributed by atoms with Gasteiger partial charge in [-0.25, -0.2) is 4.39 Å². The van der Waals surface area contributed by atoms with Crippen LogP contribution in [0.15, 0.2) is 48.5 Å². The molecule has 2 N–H and O–H groups in total. The molecule has 0 aliphatic carbocycles. The number of benzene rings is 2. The smallest absolute Gasteiger partial charge is 0.270 e. The van der Waals surface area contributed by atoms with E-state index in [-0.39, 0.29) is 23.7 Å². The molecule has 0 spiro atoms. The molecule has 1 aliphatic rings. The zero-order chi connectivity index (χ0) is 20.4. The molecule has 0 atom stereocenters. The van der Waals surface area contributed by atoms with Crippen molar-refractivity contribution in [2.24, 2.45) is 5.41 Å². The molecule has 1 aromatic heterocycles. The normalized spacial score (nSPS) is 16.2. The highest BCUT2D eigenvalue weighted by atomic mass is 19.1. The number of piperidine rings is 1. The standard InChI is InChI=1S/C23H25FN2O3/c1-29-19-4-2-3-16(11-19)14-23(15-27)7-9-26(10-8-23)22(28)21-13-17-12-18(24)5-6-20(17)25-21/h2-6,11-13,25,27H,7-10,14-15H2,1H3. The summed E-state index contributed by atoms with van der Waals surface area (Å²) in [6.07, 6.45) is 2.19. The molecule has 2 aromatic carbocycles. The van der Waals surface area contributed by atoms with Crippen LogP contribution in [-0.2, 0) is 6.42 Å². The van der Waals surface area contributed by atoms with E-state index in [1.54, 1.807) is 24.1 Å². The number of carbonyl (C=O) groups is 1. The van der Waals surface area contributed by atoms with Crippen LogP contribution in [0.3, 0.4) is 0 Å². The van der Waals surface area contributed by atoms with Gasteiger partial charge in [0.15, 0.2) is 0 Å². The van der Waals surface area contributed by atoms with E-state index < -0.39 is 0 Å². The molecule has 1 saturated heterocycles. The first kappa shape index (κ1) is 19.5. The summed E-state index contributed by atoms with van der Waals surface area (Å²) in [5.74, 6) is 0.395. The summed E-state index contributed by atoms with van der Waals surface area (Å²) in [4.78, 5) is 17.8. The Morgan fingerprint density at radius 2 is 2.00 bits per heavy atom. The molecule has 2 heterocycles. The van der Waals surface area contributed by atoms with Crippen molar-refractivity contribution in [1.82, 2.24) is 9.88 Å². The van der Waals surface area contributed by atoms with Gasteiger partial charge in [0.2, 0.25) is 0 Å². The van der Waals surface area contributed by atoms with Crippen LogP contribution in [0.5, 0.6) is 5.75 Å². The lowest BCUT2D eigenvalue weighted by Gasteiger charge is -2.41. The number of methoxy groups -OCH3 is 1. The van der Waals surface area contributed by atoms with E-state index in [1.807, 2.05) is 24.3 Å². The Morgan fingerprint density at radius 1 is 1.21 bits per heavy atom. The van der Waals surface area contributed by atoms with Crippen molar-refractivity contribution in [3.05, 3.63) is 65.6 Å². The molecule has 3 aromatic rings. The lowest BCUT2D eigenvalue weighted by molar-refractivity contribution is 0.0355. The van der Waals surface area contributed by atoms with E-state index in [2.05, 4.69) is 4.98 Å². The van der Waals surface area contributed by atoms with E-state index in [0.717, 1.165) is 36.1 Å². The second-order valence-electron chi connectivity index (χ2n) is 7.89. The van der Waals surface area contributed by atoms with Crippen LogP contribution in [-0.4, -0.2) is 47.7 Å². The molecule has 4 rings (SSSR count). The molecule has 1 amide bonds. The number of aromatic nitrogens is 1. The third-order valence-electron chi connectivity index (χ3n) is 5.97. The summed E-state index contributed by atoms with van der Waals surface area (Å²) < 4.78 is 18.7. The summed E-state index contributed by atoms with van der Waals surface area (Å²) in [5, 5.41) is 10.8. The van der Waals surface area contributed by atoms with Crippen molar-refractivity contribution in [1.29, 1.82) is 0 Å². The topological polar surface area (TPSA) is 65.6 Å². The third-order valence-corrected chi connectivity index (χ3v) is 5.97. The van der Waals surface area contributed by atoms with Crippen molar-refractivity contribution < 1.29 is 19.0 Å². The Balaban J connectivity index is 1.45. The van der Waals surface area contributed by atoms with Gasteiger partial charge in [0, 0.05) is 36.0 Å². The molecular weight excluding hydrogens is 371 g/mol. The van der Waals surface area contributed by atoms with Gasteiger partial charge in [-0.1, -0.05) is 12.1 Å². The molecule has 0 radical (unpaired) electrons. The number of nitrogens with zero attached hydrogens (tertiary/aromatic N) is 1. The monoisotopic (exact) mass is 396 g/mol. The number of hydrogen-bond donors (Lipinski definition) is 2. The predicted octanol–water partition coefficient (Wildman–Crippen LogP) is 3.77. The van der Waals surface area contributed by atoms with Gasteiger partial charge in [-0.15, -0.1) is 0 Å². The number of rotatable bonds is 5. The van der Waals surface area contributed by atoms with Crippen molar-refractivity contribution in [3.63, 3.8) is 0 Å². The minimum absolute atomic E-state index is 0.0813. The van der Waals surface area contributed by atoms with Crippen molar-refractivity contribution in [2.75, 3.05) is 26.8 Å². The van der Waals surface area contributed by atoms with Crippen molar-refractivity contribution >= 4 is 16.8 Å². The summed E-state index contributed by atoms with van der Waals surface area (Å²) >= 11 is 0. The maximum absolute atomic E-state index is 13.4. The maximum atomic E-state index is 13.4. The quantitative estimate of drug-likeness (QED) is 0.690. The fourth-order valence-electron chi connectivity index (χ4n) is 4.18. The minimum Gasteiger partial charge on any atom is -0.497 e. The highest BCUT2D eigenvalue weighted by Gasteiger charge is 2.36. The molecule has 152 valence electrons. The van der Waals surface area contributed by atoms with Crippen LogP contribution in [0.1, 0.15) is 28.9 Å². The number of fused-ring (bicyclic) bond motifs is 1. The van der Waals surface area contributed by atoms with E-state index in [1.165, 1.54) is 12.1 Å². The van der Waals surface area contributed by atoms with E-state index in [9.17, 15) is 14.3 Å². The van der Waals surface area contributed by atoms with Crippen LogP contribution in [0.2, 0.25) is 0 Å². The van der Waals surface area contributed by atoms with Gasteiger partial charge in [-0.2, -0.15) is 0 Å². The number of aliphatic hydroxyl groups is 1. The van der Waals surface area contributed by atoms with Crippen LogP contribution in [0.25, 0.3) is 10.9 Å². The number of amides is 1. The lowest BCUT2D eigenvalue weighted by atomic mass is 9.74. The number of halogens is 1. The number of hydrogen-bond acceptors (Lipinski definition) is 3. The molecule has 1 aliphatic heterocycles. The van der Waals surface area contributed by atoms with Crippen LogP contribution in [0.4, 0.5) is 4.39 Å². The molecule has 0 unspecified atom stereocenters. The SMILES string of the molecule is COc1cccc(CC2(CO)CCN(C(=O)c3cc4cc(F)ccc4[nH]3)CC2)c1. The van der Waals surface area contributed by atoms with E-state index in [0.29, 0.717) is 24.2 Å². The Kier molecular flexibility index (Phi) is 5.28. The highest BCUT2D eigenvalue weighted by molar-refractivity contribution is 5.98. The fourth-order valence-corrected chi connectivity index (χ4v) is 4.18. The van der Waals surface area contributed by atoms with Crippen LogP contribution < -0.4 is 4.74 Å². The van der Waals surface area contributed by atoms with Gasteiger partial charge in [-0.3, -0.25) is 4.79 Å². The summed E-state index contributed by atoms with van der Waals surface area (Å²) in [6, 6.07) is 14.0. The van der Waals surface area contributed by atoms with Crippen molar-refractivity contribution in [2.45, 2.75) is 19.3 Å². The number of nitrogens with one attached hydrogen (secondary N) is 1. The fraction of sp³-hybridized carbons (Fsp3) is 0.348. The van der Waals surface area contributed by atoms with E-state index in [4.69, 9.17) is 4.74 Å². The van der Waals surface area contributed by atoms with Gasteiger partial charge in [0.25, 0.3) is 5.91 Å². The van der Waals surface area contributed by atoms with Gasteiger partial charge >= 0.3 is 0 Å². The molecule has 29 heavy (non-hydrogen) atoms. The second kappa shape index (κ2) is 7.87. The molecular formula is C23H25FN2O3. The first-order valence-electron chi connectivity index (χ1n) is 9.83. The average molecular weight is 396 g/mol. The molecule has 0 bridgehead atoms. The number of aliphatic hydroxyl groups excluding tert-OH is 1. The lowest BCUT2D eigenvalue weighted by Crippen LogP contribution is -2.45. The first-order chi connectivity index (χ1) is 14.0. The number of ether oxygens (including phenoxy) is 1. The highest BCUT2D eigenvalue weighted by Crippen LogP contribution is 2.36. The van der Waals surface area contributed by atoms with Gasteiger partial charge in [0.05, 0.1) is 7.11 Å². The minimum atomic E-state index is -0.321. The Hall–Kier alpha value is -2.86. The Labute approximate surface area is 169 Å². The second-order valence-corrected chi connectivity index (χ2v) is 7.89. The van der Waals surface area contributed by atoms with Gasteiger partial charge in [0.1, 0.15) is 17.3 Å². The number of aromatic amines is 1. The average Bonchev–Trinajstić information content (AvgIpc) is 3.17. The number of likely N-dealkylation sites (tertiary alicyclic amines) is 1. The predicted molar refractivity (Wildman–Crippen MR) is 110 cm³/mol. The maximum Gasteiger partial charge on any atom is 0.270 e. The third kappa shape index (κ3) is 3.98. The van der Waals surface area contributed by atoms with Crippen LogP contribution in [0, 0.1) is 11.2 Å². The van der Waals surface area contributed by atoms with E-state index >= 15 is 0 Å². The molecule has 1 fully saturated rings. The number of carbonyl (C=O) groups excluding carboxylic acids is 1. The molecule has 6 heteroatoms. The zero-order valence-electron chi connectivity index (χ0n) is 16.5. The van der Waals surface area contributed by atoms with Gasteiger partial charge in [-0.05, 0) is 61.2 Å². The molecule has 5 nitrogen and oxygen atoms in total. The molecule has 0 saturated carbocycles. The summed E-state index contributed by atoms with van der Waals surface area (Å²) in [7, 11) is 1.64. The Morgan fingerprint density at radius 3 is 2.72 bits per heavy atom. The summed E-state index contributed by atoms with van der Waals surface area (Å²) in [5.41, 5.74) is 2.09. The summed E-state index contributed by atoms with van der Waals surface area (Å²) in [6.45, 7) is 1.23. The first-order valence-corrected chi connectivity index (χ1v) is 9.83. The zero-order valence-corrected chi connectivity index (χ0v) is 16.5. The van der Waals surface area contributed by atoms with Crippen LogP contribution >= 0.6 is 0 Å². The van der Waals surface area contributed by atoms with Gasteiger partial charge < -0.3 is 19.7 Å². The number of H-pyrrole nitrogens is 1. The Bertz CT molecular complexity index is 1020. The largest absolute Gasteiger partial charge is 0.497 e.